The number of nitrogens with one attached hydrogen (secondary N) is 1. The molecule has 0 aromatic heterocycles. The van der Waals surface area contributed by atoms with Crippen molar-refractivity contribution >= 4 is 17.5 Å². The van der Waals surface area contributed by atoms with Crippen molar-refractivity contribution in [1.29, 1.82) is 0 Å². The minimum Gasteiger partial charge on any atom is -0.372 e. The zero-order valence-electron chi connectivity index (χ0n) is 13.2. The third-order valence-corrected chi connectivity index (χ3v) is 4.15. The molecule has 1 N–H and O–H groups in total. The fourth-order valence-electron chi connectivity index (χ4n) is 2.71. The van der Waals surface area contributed by atoms with Gasteiger partial charge in [0.05, 0.1) is 6.04 Å². The topological polar surface area (TPSA) is 41.6 Å². The Hall–Kier alpha value is -1.10. The molecular formula is C17H25ClN2O2. The minimum absolute atomic E-state index is 0.0270. The van der Waals surface area contributed by atoms with Crippen LogP contribution in [0.3, 0.4) is 0 Å². The normalized spacial score (nSPS) is 18.5. The lowest BCUT2D eigenvalue weighted by Crippen LogP contribution is -2.49. The van der Waals surface area contributed by atoms with Crippen molar-refractivity contribution in [3.05, 3.63) is 34.9 Å². The molecule has 1 atom stereocenters. The van der Waals surface area contributed by atoms with Gasteiger partial charge in [0.2, 0.25) is 5.91 Å². The van der Waals surface area contributed by atoms with Gasteiger partial charge in [-0.1, -0.05) is 43.5 Å². The number of amides is 1. The van der Waals surface area contributed by atoms with Crippen LogP contribution in [0.5, 0.6) is 0 Å². The molecule has 4 nitrogen and oxygen atoms in total. The molecule has 1 fully saturated rings. The summed E-state index contributed by atoms with van der Waals surface area (Å²) in [6.45, 7) is 5.25. The number of piperazine rings is 1. The highest BCUT2D eigenvalue weighted by atomic mass is 35.5. The smallest absolute Gasteiger partial charge is 0.249 e. The molecular weight excluding hydrogens is 300 g/mol. The molecule has 2 rings (SSSR count). The van der Waals surface area contributed by atoms with Crippen LogP contribution in [0.4, 0.5) is 0 Å². The second kappa shape index (κ2) is 9.13. The van der Waals surface area contributed by atoms with E-state index in [-0.39, 0.29) is 18.6 Å². The van der Waals surface area contributed by atoms with Crippen LogP contribution in [0.25, 0.3) is 0 Å². The van der Waals surface area contributed by atoms with E-state index in [9.17, 15) is 4.79 Å². The molecule has 0 bridgehead atoms. The lowest BCUT2D eigenvalue weighted by atomic mass is 10.0. The van der Waals surface area contributed by atoms with Crippen molar-refractivity contribution in [2.24, 2.45) is 0 Å². The van der Waals surface area contributed by atoms with Crippen LogP contribution in [0, 0.1) is 0 Å². The zero-order valence-corrected chi connectivity index (χ0v) is 13.9. The first kappa shape index (κ1) is 17.3. The Kier molecular flexibility index (Phi) is 7.16. The molecule has 1 aromatic rings. The number of rotatable bonds is 7. The molecule has 1 aliphatic heterocycles. The van der Waals surface area contributed by atoms with Crippen molar-refractivity contribution < 1.29 is 9.53 Å². The Labute approximate surface area is 137 Å². The first-order valence-electron chi connectivity index (χ1n) is 8.05. The van der Waals surface area contributed by atoms with Crippen molar-refractivity contribution in [3.63, 3.8) is 0 Å². The van der Waals surface area contributed by atoms with Crippen LogP contribution in [-0.4, -0.2) is 43.7 Å². The maximum absolute atomic E-state index is 12.4. The quantitative estimate of drug-likeness (QED) is 0.784. The summed E-state index contributed by atoms with van der Waals surface area (Å²) in [5.74, 6) is 0.0583. The lowest BCUT2D eigenvalue weighted by Gasteiger charge is -2.36. The van der Waals surface area contributed by atoms with Gasteiger partial charge in [-0.2, -0.15) is 0 Å². The first-order valence-corrected chi connectivity index (χ1v) is 8.43. The van der Waals surface area contributed by atoms with Crippen molar-refractivity contribution in [3.8, 4) is 0 Å². The number of halogens is 1. The molecule has 0 aliphatic carbocycles. The maximum Gasteiger partial charge on any atom is 0.249 e. The predicted molar refractivity (Wildman–Crippen MR) is 89.1 cm³/mol. The highest BCUT2D eigenvalue weighted by Gasteiger charge is 2.27. The summed E-state index contributed by atoms with van der Waals surface area (Å²) in [5, 5.41) is 4.04. The molecule has 1 saturated heterocycles. The number of ether oxygens (including phenoxy) is 1. The van der Waals surface area contributed by atoms with E-state index in [1.807, 2.05) is 29.2 Å². The summed E-state index contributed by atoms with van der Waals surface area (Å²) in [6, 6.07) is 7.76. The molecule has 0 spiro atoms. The van der Waals surface area contributed by atoms with E-state index in [0.717, 1.165) is 37.9 Å². The second-order valence-electron chi connectivity index (χ2n) is 5.62. The molecule has 1 unspecified atom stereocenters. The van der Waals surface area contributed by atoms with Gasteiger partial charge >= 0.3 is 0 Å². The monoisotopic (exact) mass is 324 g/mol. The Bertz CT molecular complexity index is 481. The third kappa shape index (κ3) is 4.97. The van der Waals surface area contributed by atoms with E-state index in [1.54, 1.807) is 0 Å². The first-order chi connectivity index (χ1) is 10.7. The average Bonchev–Trinajstić information content (AvgIpc) is 2.54. The Morgan fingerprint density at radius 3 is 3.09 bits per heavy atom. The summed E-state index contributed by atoms with van der Waals surface area (Å²) in [7, 11) is 0. The number of nitrogens with zero attached hydrogens (tertiary/aromatic N) is 1. The largest absolute Gasteiger partial charge is 0.372 e. The summed E-state index contributed by atoms with van der Waals surface area (Å²) in [5.41, 5.74) is 1.07. The third-order valence-electron chi connectivity index (χ3n) is 3.91. The molecule has 1 amide bonds. The summed E-state index contributed by atoms with van der Waals surface area (Å²) in [4.78, 5) is 14.3. The molecule has 22 heavy (non-hydrogen) atoms. The van der Waals surface area contributed by atoms with Crippen LogP contribution in [0.2, 0.25) is 5.02 Å². The number of benzene rings is 1. The standard InChI is InChI=1S/C17H25ClN2O2/c1-2-3-4-10-22-13-17(21)20-9-8-19-12-16(20)14-6-5-7-15(18)11-14/h5-7,11,16,19H,2-4,8-10,12-13H2,1H3. The molecule has 1 aromatic carbocycles. The van der Waals surface area contributed by atoms with E-state index >= 15 is 0 Å². The fourth-order valence-corrected chi connectivity index (χ4v) is 2.91. The Morgan fingerprint density at radius 2 is 2.32 bits per heavy atom. The lowest BCUT2D eigenvalue weighted by molar-refractivity contribution is -0.139. The summed E-state index contributed by atoms with van der Waals surface area (Å²) >= 11 is 6.07. The van der Waals surface area contributed by atoms with Gasteiger partial charge in [-0.15, -0.1) is 0 Å². The van der Waals surface area contributed by atoms with Crippen LogP contribution in [0.1, 0.15) is 37.8 Å². The van der Waals surface area contributed by atoms with Gasteiger partial charge in [-0.05, 0) is 24.1 Å². The van der Waals surface area contributed by atoms with Crippen LogP contribution >= 0.6 is 11.6 Å². The van der Waals surface area contributed by atoms with Gasteiger partial charge in [0, 0.05) is 31.3 Å². The van der Waals surface area contributed by atoms with Gasteiger partial charge in [0.15, 0.2) is 0 Å². The maximum atomic E-state index is 12.4. The molecule has 1 heterocycles. The Balaban J connectivity index is 1.93. The number of hydrogen-bond donors (Lipinski definition) is 1. The molecule has 0 saturated carbocycles. The average molecular weight is 325 g/mol. The van der Waals surface area contributed by atoms with Crippen LogP contribution < -0.4 is 5.32 Å². The van der Waals surface area contributed by atoms with E-state index in [0.29, 0.717) is 18.2 Å². The van der Waals surface area contributed by atoms with E-state index < -0.39 is 0 Å². The van der Waals surface area contributed by atoms with Gasteiger partial charge < -0.3 is 15.0 Å². The van der Waals surface area contributed by atoms with E-state index in [2.05, 4.69) is 12.2 Å². The molecule has 122 valence electrons. The van der Waals surface area contributed by atoms with E-state index in [4.69, 9.17) is 16.3 Å². The molecule has 1 aliphatic rings. The minimum atomic E-state index is 0.0270. The Morgan fingerprint density at radius 1 is 1.45 bits per heavy atom. The highest BCUT2D eigenvalue weighted by Crippen LogP contribution is 2.24. The highest BCUT2D eigenvalue weighted by molar-refractivity contribution is 6.30. The SMILES string of the molecule is CCCCCOCC(=O)N1CCNCC1c1cccc(Cl)c1. The van der Waals surface area contributed by atoms with Gasteiger partial charge in [0.1, 0.15) is 6.61 Å². The van der Waals surface area contributed by atoms with Crippen LogP contribution in [0.15, 0.2) is 24.3 Å². The molecule has 5 heteroatoms. The number of hydrogen-bond acceptors (Lipinski definition) is 3. The fraction of sp³-hybridized carbons (Fsp3) is 0.588. The van der Waals surface area contributed by atoms with Gasteiger partial charge in [0.25, 0.3) is 0 Å². The summed E-state index contributed by atoms with van der Waals surface area (Å²) in [6.07, 6.45) is 3.32. The van der Waals surface area contributed by atoms with Crippen LogP contribution in [-0.2, 0) is 9.53 Å². The number of unbranched alkanes of at least 4 members (excludes halogenated alkanes) is 2. The van der Waals surface area contributed by atoms with E-state index in [1.165, 1.54) is 0 Å². The van der Waals surface area contributed by atoms with Crippen molar-refractivity contribution in [1.82, 2.24) is 10.2 Å². The van der Waals surface area contributed by atoms with Gasteiger partial charge in [-0.3, -0.25) is 4.79 Å². The summed E-state index contributed by atoms with van der Waals surface area (Å²) < 4.78 is 5.52. The van der Waals surface area contributed by atoms with Gasteiger partial charge in [-0.25, -0.2) is 0 Å². The van der Waals surface area contributed by atoms with Crippen molar-refractivity contribution in [2.75, 3.05) is 32.8 Å². The van der Waals surface area contributed by atoms with Crippen molar-refractivity contribution in [2.45, 2.75) is 32.2 Å². The second-order valence-corrected chi connectivity index (χ2v) is 6.06. The number of carbonyl (C=O) groups is 1. The number of carbonyl (C=O) groups excluding carboxylic acids is 1. The molecule has 0 radical (unpaired) electrons. The zero-order chi connectivity index (χ0) is 15.8. The predicted octanol–water partition coefficient (Wildman–Crippen LogP) is 3.02.